The number of carbonyl (C=O) groups excluding carboxylic acids is 1. The summed E-state index contributed by atoms with van der Waals surface area (Å²) in [4.78, 5) is 15.2. The molecule has 3 nitrogen and oxygen atoms in total. The molecule has 0 spiro atoms. The maximum absolute atomic E-state index is 12.9. The van der Waals surface area contributed by atoms with Crippen molar-refractivity contribution in [1.29, 1.82) is 0 Å². The molecule has 21 heavy (non-hydrogen) atoms. The number of nitrogens with two attached hydrogens (primary N) is 1. The molecule has 1 amide bonds. The molecule has 0 heterocycles. The minimum Gasteiger partial charge on any atom is -0.393 e. The monoisotopic (exact) mass is 304 g/mol. The van der Waals surface area contributed by atoms with Crippen molar-refractivity contribution in [3.05, 3.63) is 35.9 Å². The van der Waals surface area contributed by atoms with E-state index in [4.69, 9.17) is 18.0 Å². The van der Waals surface area contributed by atoms with Gasteiger partial charge in [-0.3, -0.25) is 4.79 Å². The first-order valence-corrected chi connectivity index (χ1v) is 8.03. The van der Waals surface area contributed by atoms with Crippen LogP contribution in [0.25, 0.3) is 0 Å². The van der Waals surface area contributed by atoms with Crippen LogP contribution in [0.4, 0.5) is 0 Å². The van der Waals surface area contributed by atoms with Crippen molar-refractivity contribution in [3.8, 4) is 0 Å². The molecule has 0 saturated heterocycles. The van der Waals surface area contributed by atoms with Gasteiger partial charge in [0, 0.05) is 12.6 Å². The van der Waals surface area contributed by atoms with Crippen molar-refractivity contribution < 1.29 is 4.79 Å². The third-order valence-corrected chi connectivity index (χ3v) is 4.04. The van der Waals surface area contributed by atoms with Gasteiger partial charge >= 0.3 is 0 Å². The predicted octanol–water partition coefficient (Wildman–Crippen LogP) is 2.78. The van der Waals surface area contributed by atoms with Crippen LogP contribution in [0.5, 0.6) is 0 Å². The molecule has 0 aliphatic heterocycles. The van der Waals surface area contributed by atoms with Crippen LogP contribution in [0, 0.1) is 11.8 Å². The Bertz CT molecular complexity index is 497. The molecule has 2 rings (SSSR count). The van der Waals surface area contributed by atoms with E-state index in [2.05, 4.69) is 13.8 Å². The van der Waals surface area contributed by atoms with E-state index in [1.807, 2.05) is 35.2 Å². The first kappa shape index (κ1) is 16.0. The predicted molar refractivity (Wildman–Crippen MR) is 90.0 cm³/mol. The summed E-state index contributed by atoms with van der Waals surface area (Å²) in [5, 5.41) is 0. The lowest BCUT2D eigenvalue weighted by Gasteiger charge is -2.28. The fourth-order valence-corrected chi connectivity index (χ4v) is 2.74. The molecule has 114 valence electrons. The Morgan fingerprint density at radius 1 is 1.33 bits per heavy atom. The van der Waals surface area contributed by atoms with Gasteiger partial charge in [0.05, 0.1) is 10.9 Å². The Hall–Kier alpha value is -1.42. The van der Waals surface area contributed by atoms with Crippen LogP contribution in [0.2, 0.25) is 0 Å². The summed E-state index contributed by atoms with van der Waals surface area (Å²) in [5.74, 6) is 0.169. The van der Waals surface area contributed by atoms with Crippen LogP contribution in [0.15, 0.2) is 30.3 Å². The molecule has 0 bridgehead atoms. The minimum atomic E-state index is -0.387. The Morgan fingerprint density at radius 3 is 2.43 bits per heavy atom. The average Bonchev–Trinajstić information content (AvgIpc) is 3.26. The van der Waals surface area contributed by atoms with Crippen LogP contribution >= 0.6 is 12.2 Å². The van der Waals surface area contributed by atoms with Crippen molar-refractivity contribution in [2.24, 2.45) is 17.6 Å². The first-order chi connectivity index (χ1) is 9.99. The van der Waals surface area contributed by atoms with Gasteiger partial charge in [-0.2, -0.15) is 0 Å². The zero-order chi connectivity index (χ0) is 15.4. The summed E-state index contributed by atoms with van der Waals surface area (Å²) in [6, 6.07) is 10.3. The van der Waals surface area contributed by atoms with Crippen molar-refractivity contribution in [1.82, 2.24) is 4.90 Å². The summed E-state index contributed by atoms with van der Waals surface area (Å²) >= 11 is 5.16. The van der Waals surface area contributed by atoms with Crippen molar-refractivity contribution in [3.63, 3.8) is 0 Å². The second kappa shape index (κ2) is 7.03. The molecular formula is C17H24N2OS. The minimum absolute atomic E-state index is 0.0996. The van der Waals surface area contributed by atoms with Crippen LogP contribution < -0.4 is 5.73 Å². The maximum atomic E-state index is 12.9. The van der Waals surface area contributed by atoms with Crippen LogP contribution in [-0.2, 0) is 11.2 Å². The molecule has 4 heteroatoms. The van der Waals surface area contributed by atoms with E-state index in [0.717, 1.165) is 24.9 Å². The lowest BCUT2D eigenvalue weighted by molar-refractivity contribution is -0.134. The van der Waals surface area contributed by atoms with Crippen LogP contribution in [-0.4, -0.2) is 28.4 Å². The number of rotatable bonds is 7. The SMILES string of the molecule is CC(C)CN(C(=O)C(Cc1ccccc1)C(N)=S)C1CC1. The summed E-state index contributed by atoms with van der Waals surface area (Å²) in [5.41, 5.74) is 6.96. The van der Waals surface area contributed by atoms with Crippen molar-refractivity contribution in [2.75, 3.05) is 6.54 Å². The highest BCUT2D eigenvalue weighted by Gasteiger charge is 2.36. The molecule has 1 unspecified atom stereocenters. The smallest absolute Gasteiger partial charge is 0.233 e. The normalized spacial score (nSPS) is 15.8. The molecule has 1 aliphatic rings. The Balaban J connectivity index is 2.12. The fraction of sp³-hybridized carbons (Fsp3) is 0.529. The number of thiocarbonyl (C=S) groups is 1. The van der Waals surface area contributed by atoms with Gasteiger partial charge in [0.25, 0.3) is 0 Å². The van der Waals surface area contributed by atoms with E-state index < -0.39 is 0 Å². The van der Waals surface area contributed by atoms with E-state index >= 15 is 0 Å². The molecule has 1 aromatic rings. The van der Waals surface area contributed by atoms with Gasteiger partial charge in [-0.1, -0.05) is 56.4 Å². The number of nitrogens with zero attached hydrogens (tertiary/aromatic N) is 1. The van der Waals surface area contributed by atoms with Gasteiger partial charge in [0.2, 0.25) is 5.91 Å². The topological polar surface area (TPSA) is 46.3 Å². The third kappa shape index (κ3) is 4.53. The summed E-state index contributed by atoms with van der Waals surface area (Å²) in [7, 11) is 0. The number of hydrogen-bond acceptors (Lipinski definition) is 2. The van der Waals surface area contributed by atoms with Gasteiger partial charge in [-0.25, -0.2) is 0 Å². The zero-order valence-electron chi connectivity index (χ0n) is 12.8. The lowest BCUT2D eigenvalue weighted by atomic mass is 9.97. The fourth-order valence-electron chi connectivity index (χ4n) is 2.56. The highest BCUT2D eigenvalue weighted by atomic mass is 32.1. The average molecular weight is 304 g/mol. The first-order valence-electron chi connectivity index (χ1n) is 7.62. The second-order valence-electron chi connectivity index (χ2n) is 6.26. The standard InChI is InChI=1S/C17H24N2OS/c1-12(2)11-19(14-8-9-14)17(20)15(16(18)21)10-13-6-4-3-5-7-13/h3-7,12,14-15H,8-11H2,1-2H3,(H2,18,21). The molecule has 2 N–H and O–H groups in total. The molecular weight excluding hydrogens is 280 g/mol. The van der Waals surface area contributed by atoms with E-state index in [0.29, 0.717) is 23.4 Å². The molecule has 1 aliphatic carbocycles. The number of amides is 1. The molecule has 0 aromatic heterocycles. The lowest BCUT2D eigenvalue weighted by Crippen LogP contribution is -2.44. The van der Waals surface area contributed by atoms with E-state index in [-0.39, 0.29) is 11.8 Å². The number of carbonyl (C=O) groups is 1. The van der Waals surface area contributed by atoms with Crippen LogP contribution in [0.1, 0.15) is 32.3 Å². The van der Waals surface area contributed by atoms with E-state index in [9.17, 15) is 4.79 Å². The van der Waals surface area contributed by atoms with Gasteiger partial charge in [0.1, 0.15) is 0 Å². The van der Waals surface area contributed by atoms with Gasteiger partial charge in [-0.05, 0) is 30.7 Å². The highest BCUT2D eigenvalue weighted by molar-refractivity contribution is 7.80. The number of benzene rings is 1. The van der Waals surface area contributed by atoms with E-state index in [1.54, 1.807) is 0 Å². The molecule has 1 aromatic carbocycles. The second-order valence-corrected chi connectivity index (χ2v) is 6.73. The van der Waals surface area contributed by atoms with Crippen LogP contribution in [0.3, 0.4) is 0 Å². The number of hydrogen-bond donors (Lipinski definition) is 1. The Kier molecular flexibility index (Phi) is 5.34. The molecule has 1 atom stereocenters. The Morgan fingerprint density at radius 2 is 1.95 bits per heavy atom. The largest absolute Gasteiger partial charge is 0.393 e. The van der Waals surface area contributed by atoms with Crippen molar-refractivity contribution >= 4 is 23.1 Å². The maximum Gasteiger partial charge on any atom is 0.233 e. The molecule has 1 saturated carbocycles. The molecule has 1 fully saturated rings. The molecule has 0 radical (unpaired) electrons. The van der Waals surface area contributed by atoms with Gasteiger partial charge in [0.15, 0.2) is 0 Å². The quantitative estimate of drug-likeness (QED) is 0.788. The van der Waals surface area contributed by atoms with E-state index in [1.165, 1.54) is 0 Å². The zero-order valence-corrected chi connectivity index (χ0v) is 13.6. The summed E-state index contributed by atoms with van der Waals surface area (Å²) in [6.07, 6.45) is 2.80. The Labute approximate surface area is 132 Å². The highest BCUT2D eigenvalue weighted by Crippen LogP contribution is 2.29. The summed E-state index contributed by atoms with van der Waals surface area (Å²) in [6.45, 7) is 5.06. The van der Waals surface area contributed by atoms with Gasteiger partial charge in [-0.15, -0.1) is 0 Å². The summed E-state index contributed by atoms with van der Waals surface area (Å²) < 4.78 is 0. The third-order valence-electron chi connectivity index (χ3n) is 3.76. The van der Waals surface area contributed by atoms with Crippen molar-refractivity contribution in [2.45, 2.75) is 39.2 Å². The van der Waals surface area contributed by atoms with Gasteiger partial charge < -0.3 is 10.6 Å².